The summed E-state index contributed by atoms with van der Waals surface area (Å²) in [6.45, 7) is -0.918. The standard InChI is InChI=1S/C20H22N2O6/c1-27-14-6-4-13(5-7-14)21-15(23)10-28-16(24)9-22-19(25)17-11-2-3-12(8-11)18(17)20(22)26/h4-7,11-12,17-18H,2-3,8-10H2,1H3,(H,21,23)/t11-,12+,17-,18+. The lowest BCUT2D eigenvalue weighted by Crippen LogP contribution is -2.38. The predicted molar refractivity (Wildman–Crippen MR) is 97.1 cm³/mol. The average molecular weight is 386 g/mol. The molecule has 2 bridgehead atoms. The maximum atomic E-state index is 12.6. The lowest BCUT2D eigenvalue weighted by Gasteiger charge is -2.19. The van der Waals surface area contributed by atoms with Crippen LogP contribution >= 0.6 is 0 Å². The zero-order valence-corrected chi connectivity index (χ0v) is 15.6. The molecule has 4 rings (SSSR count). The smallest absolute Gasteiger partial charge is 0.326 e. The molecule has 4 atom stereocenters. The van der Waals surface area contributed by atoms with Crippen molar-refractivity contribution in [3.8, 4) is 5.75 Å². The van der Waals surface area contributed by atoms with Gasteiger partial charge in [0.15, 0.2) is 6.61 Å². The topological polar surface area (TPSA) is 102 Å². The van der Waals surface area contributed by atoms with Crippen LogP contribution in [0.15, 0.2) is 24.3 Å². The molecule has 0 aromatic heterocycles. The summed E-state index contributed by atoms with van der Waals surface area (Å²) in [4.78, 5) is 50.1. The Morgan fingerprint density at radius 2 is 1.68 bits per heavy atom. The third-order valence-corrected chi connectivity index (χ3v) is 6.04. The Balaban J connectivity index is 1.27. The van der Waals surface area contributed by atoms with E-state index in [0.29, 0.717) is 11.4 Å². The van der Waals surface area contributed by atoms with Crippen LogP contribution in [0.1, 0.15) is 19.3 Å². The number of fused-ring (bicyclic) bond motifs is 5. The molecule has 148 valence electrons. The number of ether oxygens (including phenoxy) is 2. The second kappa shape index (κ2) is 7.26. The first-order chi connectivity index (χ1) is 13.5. The van der Waals surface area contributed by atoms with Crippen molar-refractivity contribution in [3.05, 3.63) is 24.3 Å². The van der Waals surface area contributed by atoms with Crippen LogP contribution < -0.4 is 10.1 Å². The number of esters is 1. The fourth-order valence-electron chi connectivity index (χ4n) is 4.82. The molecule has 1 saturated heterocycles. The molecule has 2 aliphatic carbocycles. The van der Waals surface area contributed by atoms with Gasteiger partial charge >= 0.3 is 5.97 Å². The zero-order valence-electron chi connectivity index (χ0n) is 15.6. The lowest BCUT2D eigenvalue weighted by atomic mass is 9.81. The second-order valence-corrected chi connectivity index (χ2v) is 7.58. The van der Waals surface area contributed by atoms with Crippen molar-refractivity contribution in [2.75, 3.05) is 25.6 Å². The van der Waals surface area contributed by atoms with Crippen LogP contribution in [0.25, 0.3) is 0 Å². The highest BCUT2D eigenvalue weighted by atomic mass is 16.5. The van der Waals surface area contributed by atoms with Crippen molar-refractivity contribution in [1.82, 2.24) is 4.90 Å². The summed E-state index contributed by atoms with van der Waals surface area (Å²) in [7, 11) is 1.54. The summed E-state index contributed by atoms with van der Waals surface area (Å²) in [6.07, 6.45) is 2.90. The Bertz CT molecular complexity index is 792. The highest BCUT2D eigenvalue weighted by molar-refractivity contribution is 6.07. The van der Waals surface area contributed by atoms with Gasteiger partial charge in [0.2, 0.25) is 11.8 Å². The number of amides is 3. The van der Waals surface area contributed by atoms with E-state index in [4.69, 9.17) is 9.47 Å². The van der Waals surface area contributed by atoms with E-state index in [-0.39, 0.29) is 35.5 Å². The van der Waals surface area contributed by atoms with Crippen molar-refractivity contribution >= 4 is 29.4 Å². The minimum Gasteiger partial charge on any atom is -0.497 e. The first-order valence-electron chi connectivity index (χ1n) is 9.42. The SMILES string of the molecule is COc1ccc(NC(=O)COC(=O)CN2C(=O)[C@@H]3[C@@H]4CC[C@@H](C4)[C@@H]3C2=O)cc1. The summed E-state index contributed by atoms with van der Waals surface area (Å²) in [6, 6.07) is 6.70. The molecule has 8 nitrogen and oxygen atoms in total. The molecule has 1 aromatic rings. The molecule has 0 spiro atoms. The molecule has 3 amide bonds. The van der Waals surface area contributed by atoms with Crippen molar-refractivity contribution in [3.63, 3.8) is 0 Å². The van der Waals surface area contributed by atoms with E-state index in [1.54, 1.807) is 31.4 Å². The molecule has 3 fully saturated rings. The molecule has 2 saturated carbocycles. The Kier molecular flexibility index (Phi) is 4.78. The van der Waals surface area contributed by atoms with E-state index in [1.165, 1.54) is 0 Å². The summed E-state index contributed by atoms with van der Waals surface area (Å²) < 4.78 is 9.99. The van der Waals surface area contributed by atoms with E-state index >= 15 is 0 Å². The van der Waals surface area contributed by atoms with Gasteiger partial charge in [0.25, 0.3) is 5.91 Å². The van der Waals surface area contributed by atoms with Gasteiger partial charge in [-0.3, -0.25) is 24.1 Å². The number of likely N-dealkylation sites (tertiary alicyclic amines) is 1. The zero-order chi connectivity index (χ0) is 19.8. The molecule has 0 unspecified atom stereocenters. The number of imide groups is 1. The van der Waals surface area contributed by atoms with Gasteiger partial charge in [-0.15, -0.1) is 0 Å². The number of benzene rings is 1. The molecule has 1 aliphatic heterocycles. The number of hydrogen-bond acceptors (Lipinski definition) is 6. The first kappa shape index (κ1) is 18.5. The molecule has 28 heavy (non-hydrogen) atoms. The fraction of sp³-hybridized carbons (Fsp3) is 0.500. The van der Waals surface area contributed by atoms with Crippen molar-refractivity contribution in [2.24, 2.45) is 23.7 Å². The van der Waals surface area contributed by atoms with Gasteiger partial charge in [-0.05, 0) is 55.4 Å². The van der Waals surface area contributed by atoms with Crippen molar-refractivity contribution in [1.29, 1.82) is 0 Å². The van der Waals surface area contributed by atoms with Gasteiger partial charge < -0.3 is 14.8 Å². The third-order valence-electron chi connectivity index (χ3n) is 6.04. The summed E-state index contributed by atoms with van der Waals surface area (Å²) in [5.74, 6) is -1.14. The minimum absolute atomic E-state index is 0.262. The largest absolute Gasteiger partial charge is 0.497 e. The third kappa shape index (κ3) is 3.23. The van der Waals surface area contributed by atoms with E-state index in [0.717, 1.165) is 24.2 Å². The van der Waals surface area contributed by atoms with E-state index < -0.39 is 25.0 Å². The molecule has 1 N–H and O–H groups in total. The predicted octanol–water partition coefficient (Wildman–Crippen LogP) is 1.21. The van der Waals surface area contributed by atoms with Crippen LogP contribution in [0.3, 0.4) is 0 Å². The maximum absolute atomic E-state index is 12.6. The normalized spacial score (nSPS) is 27.7. The molecule has 8 heteroatoms. The van der Waals surface area contributed by atoms with Crippen LogP contribution in [0, 0.1) is 23.7 Å². The number of nitrogens with zero attached hydrogens (tertiary/aromatic N) is 1. The highest BCUT2D eigenvalue weighted by Crippen LogP contribution is 2.56. The van der Waals surface area contributed by atoms with Gasteiger partial charge in [-0.1, -0.05) is 0 Å². The number of nitrogens with one attached hydrogen (secondary N) is 1. The average Bonchev–Trinajstić information content (AvgIpc) is 3.37. The summed E-state index contributed by atoms with van der Waals surface area (Å²) in [5, 5.41) is 2.59. The number of methoxy groups -OCH3 is 1. The maximum Gasteiger partial charge on any atom is 0.326 e. The lowest BCUT2D eigenvalue weighted by molar-refractivity contribution is -0.154. The monoisotopic (exact) mass is 386 g/mol. The Labute approximate surface area is 162 Å². The van der Waals surface area contributed by atoms with Gasteiger partial charge in [-0.25, -0.2) is 0 Å². The summed E-state index contributed by atoms with van der Waals surface area (Å²) in [5.41, 5.74) is 0.537. The summed E-state index contributed by atoms with van der Waals surface area (Å²) >= 11 is 0. The van der Waals surface area contributed by atoms with E-state index in [2.05, 4.69) is 5.32 Å². The van der Waals surface area contributed by atoms with Crippen LogP contribution in [-0.2, 0) is 23.9 Å². The van der Waals surface area contributed by atoms with Gasteiger partial charge in [0.05, 0.1) is 18.9 Å². The Morgan fingerprint density at radius 1 is 1.07 bits per heavy atom. The van der Waals surface area contributed by atoms with Crippen LogP contribution in [0.4, 0.5) is 5.69 Å². The number of anilines is 1. The van der Waals surface area contributed by atoms with Crippen molar-refractivity contribution in [2.45, 2.75) is 19.3 Å². The Morgan fingerprint density at radius 3 is 2.25 bits per heavy atom. The quantitative estimate of drug-likeness (QED) is 0.582. The molecule has 1 aromatic carbocycles. The molecular weight excluding hydrogens is 364 g/mol. The van der Waals surface area contributed by atoms with Crippen LogP contribution in [0.2, 0.25) is 0 Å². The van der Waals surface area contributed by atoms with Gasteiger partial charge in [0.1, 0.15) is 12.3 Å². The highest BCUT2D eigenvalue weighted by Gasteiger charge is 2.61. The molecule has 3 aliphatic rings. The molecule has 0 radical (unpaired) electrons. The fourth-order valence-corrected chi connectivity index (χ4v) is 4.82. The number of rotatable bonds is 6. The second-order valence-electron chi connectivity index (χ2n) is 7.58. The number of carbonyl (C=O) groups is 4. The van der Waals surface area contributed by atoms with Gasteiger partial charge in [-0.2, -0.15) is 0 Å². The van der Waals surface area contributed by atoms with E-state index in [1.807, 2.05) is 0 Å². The molecule has 1 heterocycles. The number of carbonyl (C=O) groups excluding carboxylic acids is 4. The number of hydrogen-bond donors (Lipinski definition) is 1. The first-order valence-corrected chi connectivity index (χ1v) is 9.42. The van der Waals surface area contributed by atoms with Crippen LogP contribution in [-0.4, -0.2) is 48.9 Å². The van der Waals surface area contributed by atoms with Crippen molar-refractivity contribution < 1.29 is 28.7 Å². The molecular formula is C20H22N2O6. The van der Waals surface area contributed by atoms with Gasteiger partial charge in [0, 0.05) is 5.69 Å². The Hall–Kier alpha value is -2.90. The van der Waals surface area contributed by atoms with E-state index in [9.17, 15) is 19.2 Å². The van der Waals surface area contributed by atoms with Crippen LogP contribution in [0.5, 0.6) is 5.75 Å². The minimum atomic E-state index is -0.765.